The van der Waals surface area contributed by atoms with Crippen molar-refractivity contribution in [3.8, 4) is 0 Å². The van der Waals surface area contributed by atoms with Gasteiger partial charge in [0, 0.05) is 37.8 Å². The molecular formula is C20H26FN3O2. The highest BCUT2D eigenvalue weighted by Crippen LogP contribution is 2.48. The zero-order chi connectivity index (χ0) is 18.1. The predicted octanol–water partition coefficient (Wildman–Crippen LogP) is 2.34. The van der Waals surface area contributed by atoms with Gasteiger partial charge in [-0.1, -0.05) is 6.42 Å². The number of amides is 2. The van der Waals surface area contributed by atoms with Crippen LogP contribution in [-0.4, -0.2) is 54.3 Å². The second kappa shape index (κ2) is 7.35. The van der Waals surface area contributed by atoms with Crippen LogP contribution in [0.4, 0.5) is 10.1 Å². The molecule has 1 saturated heterocycles. The van der Waals surface area contributed by atoms with E-state index in [4.69, 9.17) is 0 Å². The number of hydrogen-bond acceptors (Lipinski definition) is 3. The fourth-order valence-corrected chi connectivity index (χ4v) is 4.84. The van der Waals surface area contributed by atoms with Crippen LogP contribution in [0.2, 0.25) is 0 Å². The van der Waals surface area contributed by atoms with Crippen molar-refractivity contribution in [3.63, 3.8) is 0 Å². The number of carbonyl (C=O) groups excluding carboxylic acids is 2. The van der Waals surface area contributed by atoms with Gasteiger partial charge < -0.3 is 10.2 Å². The highest BCUT2D eigenvalue weighted by molar-refractivity contribution is 5.92. The van der Waals surface area contributed by atoms with E-state index in [0.29, 0.717) is 37.1 Å². The van der Waals surface area contributed by atoms with Crippen LogP contribution in [0.3, 0.4) is 0 Å². The molecule has 140 valence electrons. The minimum absolute atomic E-state index is 0.107. The number of anilines is 1. The van der Waals surface area contributed by atoms with Crippen LogP contribution in [0.15, 0.2) is 24.3 Å². The van der Waals surface area contributed by atoms with E-state index in [9.17, 15) is 14.0 Å². The molecule has 3 fully saturated rings. The zero-order valence-corrected chi connectivity index (χ0v) is 15.0. The van der Waals surface area contributed by atoms with E-state index in [1.807, 2.05) is 4.90 Å². The van der Waals surface area contributed by atoms with Gasteiger partial charge in [0.2, 0.25) is 11.8 Å². The highest BCUT2D eigenvalue weighted by Gasteiger charge is 2.44. The number of hydrogen-bond donors (Lipinski definition) is 1. The Hall–Kier alpha value is -1.95. The number of benzene rings is 1. The standard InChI is InChI=1S/C20H26FN3O2/c21-16-3-5-17(6-4-16)22-19(25)13-23-7-9-24(10-8-23)20(26)18-12-14-1-2-15(18)11-14/h3-6,14-15,18H,1-2,7-13H2,(H,22,25)/t14-,15-,18-/m0/s1. The smallest absolute Gasteiger partial charge is 0.238 e. The lowest BCUT2D eigenvalue weighted by molar-refractivity contribution is -0.139. The number of nitrogens with zero attached hydrogens (tertiary/aromatic N) is 2. The third kappa shape index (κ3) is 3.75. The van der Waals surface area contributed by atoms with Gasteiger partial charge >= 0.3 is 0 Å². The van der Waals surface area contributed by atoms with Crippen LogP contribution in [0, 0.1) is 23.6 Å². The average Bonchev–Trinajstić information content (AvgIpc) is 3.27. The Morgan fingerprint density at radius 3 is 2.38 bits per heavy atom. The molecule has 3 atom stereocenters. The molecule has 2 bridgehead atoms. The third-order valence-electron chi connectivity index (χ3n) is 6.23. The van der Waals surface area contributed by atoms with E-state index < -0.39 is 0 Å². The lowest BCUT2D eigenvalue weighted by atomic mass is 9.87. The summed E-state index contributed by atoms with van der Waals surface area (Å²) in [4.78, 5) is 29.0. The van der Waals surface area contributed by atoms with Gasteiger partial charge in [-0.05, 0) is 55.4 Å². The van der Waals surface area contributed by atoms with Crippen LogP contribution in [-0.2, 0) is 9.59 Å². The van der Waals surface area contributed by atoms with Gasteiger partial charge in [0.25, 0.3) is 0 Å². The van der Waals surface area contributed by atoms with Crippen molar-refractivity contribution in [1.82, 2.24) is 9.80 Å². The first kappa shape index (κ1) is 17.5. The molecule has 1 heterocycles. The van der Waals surface area contributed by atoms with Crippen molar-refractivity contribution in [2.24, 2.45) is 17.8 Å². The number of halogens is 1. The maximum Gasteiger partial charge on any atom is 0.238 e. The normalized spacial score (nSPS) is 28.3. The van der Waals surface area contributed by atoms with Gasteiger partial charge in [-0.25, -0.2) is 4.39 Å². The predicted molar refractivity (Wildman–Crippen MR) is 97.0 cm³/mol. The summed E-state index contributed by atoms with van der Waals surface area (Å²) in [5, 5.41) is 2.79. The second-order valence-corrected chi connectivity index (χ2v) is 7.94. The molecule has 3 aliphatic rings. The SMILES string of the molecule is O=C(CN1CCN(C(=O)[C@H]2C[C@H]3CC[C@H]2C3)CC1)Nc1ccc(F)cc1. The minimum Gasteiger partial charge on any atom is -0.340 e. The van der Waals surface area contributed by atoms with Gasteiger partial charge in [-0.2, -0.15) is 0 Å². The summed E-state index contributed by atoms with van der Waals surface area (Å²) in [5.41, 5.74) is 0.599. The molecule has 2 amide bonds. The van der Waals surface area contributed by atoms with E-state index in [1.54, 1.807) is 12.1 Å². The van der Waals surface area contributed by atoms with Crippen molar-refractivity contribution < 1.29 is 14.0 Å². The third-order valence-corrected chi connectivity index (χ3v) is 6.23. The summed E-state index contributed by atoms with van der Waals surface area (Å²) in [6.07, 6.45) is 4.87. The van der Waals surface area contributed by atoms with Crippen molar-refractivity contribution in [2.75, 3.05) is 38.0 Å². The monoisotopic (exact) mass is 359 g/mol. The van der Waals surface area contributed by atoms with E-state index in [0.717, 1.165) is 25.4 Å². The fourth-order valence-electron chi connectivity index (χ4n) is 4.84. The molecule has 26 heavy (non-hydrogen) atoms. The first-order chi connectivity index (χ1) is 12.6. The molecule has 2 aliphatic carbocycles. The summed E-state index contributed by atoms with van der Waals surface area (Å²) >= 11 is 0. The van der Waals surface area contributed by atoms with E-state index >= 15 is 0 Å². The summed E-state index contributed by atoms with van der Waals surface area (Å²) in [7, 11) is 0. The van der Waals surface area contributed by atoms with Gasteiger partial charge in [-0.3, -0.25) is 14.5 Å². The average molecular weight is 359 g/mol. The van der Waals surface area contributed by atoms with Gasteiger partial charge in [0.05, 0.1) is 6.54 Å². The van der Waals surface area contributed by atoms with Crippen LogP contribution in [0.25, 0.3) is 0 Å². The second-order valence-electron chi connectivity index (χ2n) is 7.94. The van der Waals surface area contributed by atoms with Crippen LogP contribution in [0.5, 0.6) is 0 Å². The highest BCUT2D eigenvalue weighted by atomic mass is 19.1. The molecule has 0 aromatic heterocycles. The first-order valence-corrected chi connectivity index (χ1v) is 9.65. The van der Waals surface area contributed by atoms with Gasteiger partial charge in [0.15, 0.2) is 0 Å². The number of fused-ring (bicyclic) bond motifs is 2. The van der Waals surface area contributed by atoms with E-state index in [-0.39, 0.29) is 17.6 Å². The molecule has 2 saturated carbocycles. The topological polar surface area (TPSA) is 52.7 Å². The summed E-state index contributed by atoms with van der Waals surface area (Å²) < 4.78 is 12.9. The fraction of sp³-hybridized carbons (Fsp3) is 0.600. The number of carbonyl (C=O) groups is 2. The lowest BCUT2D eigenvalue weighted by Gasteiger charge is -2.37. The molecule has 0 unspecified atom stereocenters. The minimum atomic E-state index is -0.320. The Balaban J connectivity index is 1.22. The maximum absolute atomic E-state index is 12.9. The molecule has 1 aromatic carbocycles. The van der Waals surface area contributed by atoms with E-state index in [1.165, 1.54) is 31.4 Å². The summed E-state index contributed by atoms with van der Waals surface area (Å²) in [6, 6.07) is 5.77. The maximum atomic E-state index is 12.9. The Labute approximate surface area is 153 Å². The Kier molecular flexibility index (Phi) is 4.94. The first-order valence-electron chi connectivity index (χ1n) is 9.65. The number of rotatable bonds is 4. The molecule has 0 spiro atoms. The number of nitrogens with one attached hydrogen (secondary N) is 1. The Morgan fingerprint density at radius 2 is 1.77 bits per heavy atom. The van der Waals surface area contributed by atoms with Crippen molar-refractivity contribution >= 4 is 17.5 Å². The number of piperazine rings is 1. The molecular weight excluding hydrogens is 333 g/mol. The van der Waals surface area contributed by atoms with Crippen LogP contribution >= 0.6 is 0 Å². The summed E-state index contributed by atoms with van der Waals surface area (Å²) in [6.45, 7) is 3.16. The lowest BCUT2D eigenvalue weighted by Crippen LogP contribution is -2.52. The van der Waals surface area contributed by atoms with Crippen molar-refractivity contribution in [2.45, 2.75) is 25.7 Å². The quantitative estimate of drug-likeness (QED) is 0.898. The molecule has 1 aromatic rings. The molecule has 6 heteroatoms. The largest absolute Gasteiger partial charge is 0.340 e. The summed E-state index contributed by atoms with van der Waals surface area (Å²) in [5.74, 6) is 1.57. The van der Waals surface area contributed by atoms with E-state index in [2.05, 4.69) is 10.2 Å². The van der Waals surface area contributed by atoms with Crippen LogP contribution in [0.1, 0.15) is 25.7 Å². The Morgan fingerprint density at radius 1 is 1.04 bits per heavy atom. The Bertz CT molecular complexity index is 670. The molecule has 1 N–H and O–H groups in total. The molecule has 5 nitrogen and oxygen atoms in total. The molecule has 1 aliphatic heterocycles. The molecule has 4 rings (SSSR count). The zero-order valence-electron chi connectivity index (χ0n) is 15.0. The van der Waals surface area contributed by atoms with Gasteiger partial charge in [0.1, 0.15) is 5.82 Å². The van der Waals surface area contributed by atoms with Crippen molar-refractivity contribution in [1.29, 1.82) is 0 Å². The van der Waals surface area contributed by atoms with Crippen LogP contribution < -0.4 is 5.32 Å². The van der Waals surface area contributed by atoms with Gasteiger partial charge in [-0.15, -0.1) is 0 Å². The molecule has 0 radical (unpaired) electrons. The van der Waals surface area contributed by atoms with Crippen molar-refractivity contribution in [3.05, 3.63) is 30.1 Å².